The summed E-state index contributed by atoms with van der Waals surface area (Å²) in [6.45, 7) is 6.39. The Labute approximate surface area is 219 Å². The van der Waals surface area contributed by atoms with Gasteiger partial charge in [0.2, 0.25) is 5.91 Å². The zero-order chi connectivity index (χ0) is 26.9. The van der Waals surface area contributed by atoms with Gasteiger partial charge in [-0.3, -0.25) is 14.5 Å². The quantitative estimate of drug-likeness (QED) is 0.608. The Morgan fingerprint density at radius 2 is 1.86 bits per heavy atom. The normalized spacial score (nSPS) is 21.3. The number of hydrogen-bond acceptors (Lipinski definition) is 7. The van der Waals surface area contributed by atoms with Gasteiger partial charge < -0.3 is 29.2 Å². The number of likely N-dealkylation sites (N-methyl/N-ethyl adjacent to an activating group) is 1. The molecule has 37 heavy (non-hydrogen) atoms. The second kappa shape index (κ2) is 13.4. The van der Waals surface area contributed by atoms with Crippen LogP contribution in [0.25, 0.3) is 0 Å². The summed E-state index contributed by atoms with van der Waals surface area (Å²) in [5.41, 5.74) is 1.97. The molecule has 0 unspecified atom stereocenters. The van der Waals surface area contributed by atoms with Crippen molar-refractivity contribution < 1.29 is 28.5 Å². The highest BCUT2D eigenvalue weighted by Crippen LogP contribution is 2.27. The minimum Gasteiger partial charge on any atom is -0.496 e. The van der Waals surface area contributed by atoms with Crippen LogP contribution in [0, 0.1) is 5.92 Å². The molecular formula is C28H39N3O6. The first-order valence-electron chi connectivity index (χ1n) is 12.5. The maximum absolute atomic E-state index is 13.5. The molecule has 3 atom stereocenters. The fraction of sp³-hybridized carbons (Fsp3) is 0.500. The standard InChI is InChI=1S/C28H39N3O6/c1-19-14-31(15-21-9-7-8-10-24(21)35-5)20(2)17-37-25-12-11-22(29-27(32)18-34-4)13-23(25)28(33)30(3)16-26(19)36-6/h7-13,19-20,26H,14-18H2,1-6H3,(H,29,32)/t19-,20+,26+/m1/s1. The van der Waals surface area contributed by atoms with Crippen LogP contribution in [0.1, 0.15) is 29.8 Å². The Morgan fingerprint density at radius 1 is 1.11 bits per heavy atom. The molecule has 0 bridgehead atoms. The second-order valence-electron chi connectivity index (χ2n) is 9.53. The smallest absolute Gasteiger partial charge is 0.257 e. The third kappa shape index (κ3) is 7.44. The molecule has 2 aromatic rings. The van der Waals surface area contributed by atoms with E-state index in [0.717, 1.165) is 17.9 Å². The molecule has 202 valence electrons. The van der Waals surface area contributed by atoms with Crippen LogP contribution in [0.4, 0.5) is 5.69 Å². The van der Waals surface area contributed by atoms with Crippen LogP contribution in [0.2, 0.25) is 0 Å². The number of ether oxygens (including phenoxy) is 4. The summed E-state index contributed by atoms with van der Waals surface area (Å²) in [7, 11) is 6.57. The molecule has 2 aromatic carbocycles. The van der Waals surface area contributed by atoms with Crippen LogP contribution in [0.5, 0.6) is 11.5 Å². The number of nitrogens with one attached hydrogen (secondary N) is 1. The molecule has 2 amide bonds. The van der Waals surface area contributed by atoms with Gasteiger partial charge in [0, 0.05) is 58.2 Å². The van der Waals surface area contributed by atoms with E-state index >= 15 is 0 Å². The number of nitrogens with zero attached hydrogens (tertiary/aromatic N) is 2. The first-order valence-corrected chi connectivity index (χ1v) is 12.5. The van der Waals surface area contributed by atoms with Crippen LogP contribution in [0.3, 0.4) is 0 Å². The molecule has 0 radical (unpaired) electrons. The predicted octanol–water partition coefficient (Wildman–Crippen LogP) is 3.29. The number of methoxy groups -OCH3 is 3. The molecule has 1 heterocycles. The second-order valence-corrected chi connectivity index (χ2v) is 9.53. The van der Waals surface area contributed by atoms with Crippen LogP contribution in [0.15, 0.2) is 42.5 Å². The SMILES string of the molecule is COCC(=O)Nc1ccc2c(c1)C(=O)N(C)C[C@H](OC)[C@H](C)CN(Cc1ccccc1OC)[C@@H](C)CO2. The molecular weight excluding hydrogens is 474 g/mol. The highest BCUT2D eigenvalue weighted by Gasteiger charge is 2.29. The fourth-order valence-corrected chi connectivity index (χ4v) is 4.53. The molecule has 0 saturated carbocycles. The number of amides is 2. The minimum absolute atomic E-state index is 0.0334. The monoisotopic (exact) mass is 513 g/mol. The Hall–Kier alpha value is -3.14. The lowest BCUT2D eigenvalue weighted by Crippen LogP contribution is -2.46. The van der Waals surface area contributed by atoms with E-state index in [4.69, 9.17) is 18.9 Å². The van der Waals surface area contributed by atoms with E-state index < -0.39 is 0 Å². The first-order chi connectivity index (χ1) is 17.8. The van der Waals surface area contributed by atoms with Gasteiger partial charge >= 0.3 is 0 Å². The van der Waals surface area contributed by atoms with Gasteiger partial charge in [0.1, 0.15) is 24.7 Å². The van der Waals surface area contributed by atoms with E-state index in [0.29, 0.717) is 36.7 Å². The minimum atomic E-state index is -0.300. The van der Waals surface area contributed by atoms with Gasteiger partial charge in [-0.25, -0.2) is 0 Å². The molecule has 9 heteroatoms. The third-order valence-corrected chi connectivity index (χ3v) is 6.70. The number of carbonyl (C=O) groups excluding carboxylic acids is 2. The van der Waals surface area contributed by atoms with E-state index in [-0.39, 0.29) is 36.5 Å². The molecule has 3 rings (SSSR count). The summed E-state index contributed by atoms with van der Waals surface area (Å²) >= 11 is 0. The number of para-hydroxylation sites is 1. The van der Waals surface area contributed by atoms with E-state index in [1.807, 2.05) is 18.2 Å². The van der Waals surface area contributed by atoms with Gasteiger partial charge in [-0.1, -0.05) is 25.1 Å². The van der Waals surface area contributed by atoms with Crippen molar-refractivity contribution in [3.63, 3.8) is 0 Å². The highest BCUT2D eigenvalue weighted by atomic mass is 16.5. The van der Waals surface area contributed by atoms with Crippen molar-refractivity contribution in [1.29, 1.82) is 0 Å². The van der Waals surface area contributed by atoms with Gasteiger partial charge in [-0.05, 0) is 37.1 Å². The van der Waals surface area contributed by atoms with Crippen molar-refractivity contribution in [3.05, 3.63) is 53.6 Å². The molecule has 0 aliphatic carbocycles. The number of rotatable bonds is 7. The number of benzene rings is 2. The summed E-state index contributed by atoms with van der Waals surface area (Å²) in [5, 5.41) is 2.76. The fourth-order valence-electron chi connectivity index (χ4n) is 4.53. The lowest BCUT2D eigenvalue weighted by atomic mass is 10.0. The van der Waals surface area contributed by atoms with Crippen molar-refractivity contribution in [1.82, 2.24) is 9.80 Å². The molecule has 0 fully saturated rings. The molecule has 1 aliphatic heterocycles. The van der Waals surface area contributed by atoms with Crippen LogP contribution < -0.4 is 14.8 Å². The van der Waals surface area contributed by atoms with Gasteiger partial charge in [0.05, 0.1) is 18.8 Å². The summed E-state index contributed by atoms with van der Waals surface area (Å²) in [4.78, 5) is 29.5. The first kappa shape index (κ1) is 28.4. The third-order valence-electron chi connectivity index (χ3n) is 6.70. The topological polar surface area (TPSA) is 89.6 Å². The summed E-state index contributed by atoms with van der Waals surface area (Å²) in [5.74, 6) is 0.943. The zero-order valence-corrected chi connectivity index (χ0v) is 22.7. The van der Waals surface area contributed by atoms with E-state index in [2.05, 4.69) is 30.1 Å². The molecule has 1 aliphatic rings. The number of fused-ring (bicyclic) bond motifs is 1. The van der Waals surface area contributed by atoms with Gasteiger partial charge in [0.15, 0.2) is 0 Å². The van der Waals surface area contributed by atoms with Crippen LogP contribution in [-0.4, -0.2) is 88.4 Å². The number of anilines is 1. The maximum atomic E-state index is 13.5. The molecule has 0 saturated heterocycles. The maximum Gasteiger partial charge on any atom is 0.257 e. The average Bonchev–Trinajstić information content (AvgIpc) is 2.89. The highest BCUT2D eigenvalue weighted by molar-refractivity contribution is 5.99. The van der Waals surface area contributed by atoms with Crippen molar-refractivity contribution in [2.24, 2.45) is 5.92 Å². The van der Waals surface area contributed by atoms with Crippen LogP contribution in [-0.2, 0) is 20.8 Å². The largest absolute Gasteiger partial charge is 0.496 e. The Morgan fingerprint density at radius 3 is 2.57 bits per heavy atom. The molecule has 9 nitrogen and oxygen atoms in total. The lowest BCUT2D eigenvalue weighted by Gasteiger charge is -2.36. The molecule has 1 N–H and O–H groups in total. The van der Waals surface area contributed by atoms with Crippen LogP contribution >= 0.6 is 0 Å². The lowest BCUT2D eigenvalue weighted by molar-refractivity contribution is -0.119. The van der Waals surface area contributed by atoms with E-state index in [9.17, 15) is 9.59 Å². The molecule has 0 spiro atoms. The summed E-state index contributed by atoms with van der Waals surface area (Å²) in [6.07, 6.45) is -0.172. The number of hydrogen-bond donors (Lipinski definition) is 1. The van der Waals surface area contributed by atoms with Crippen molar-refractivity contribution >= 4 is 17.5 Å². The van der Waals surface area contributed by atoms with Crippen molar-refractivity contribution in [2.45, 2.75) is 32.5 Å². The van der Waals surface area contributed by atoms with Gasteiger partial charge in [0.25, 0.3) is 5.91 Å². The van der Waals surface area contributed by atoms with Crippen molar-refractivity contribution in [3.8, 4) is 11.5 Å². The Kier molecular flexibility index (Phi) is 10.3. The van der Waals surface area contributed by atoms with Crippen molar-refractivity contribution in [2.75, 3.05) is 60.0 Å². The van der Waals surface area contributed by atoms with Gasteiger partial charge in [-0.15, -0.1) is 0 Å². The zero-order valence-electron chi connectivity index (χ0n) is 22.7. The van der Waals surface area contributed by atoms with E-state index in [1.165, 1.54) is 7.11 Å². The molecule has 0 aromatic heterocycles. The Balaban J connectivity index is 1.94. The summed E-state index contributed by atoms with van der Waals surface area (Å²) < 4.78 is 22.6. The Bertz CT molecular complexity index is 1060. The average molecular weight is 514 g/mol. The van der Waals surface area contributed by atoms with Gasteiger partial charge in [-0.2, -0.15) is 0 Å². The summed E-state index contributed by atoms with van der Waals surface area (Å²) in [6, 6.07) is 13.1. The number of carbonyl (C=O) groups is 2. The van der Waals surface area contributed by atoms with E-state index in [1.54, 1.807) is 44.4 Å². The predicted molar refractivity (Wildman–Crippen MR) is 142 cm³/mol.